The number of aromatic amines is 1. The predicted molar refractivity (Wildman–Crippen MR) is 148 cm³/mol. The van der Waals surface area contributed by atoms with Crippen molar-refractivity contribution < 1.29 is 14.2 Å². The van der Waals surface area contributed by atoms with Gasteiger partial charge in [0.25, 0.3) is 5.91 Å². The number of nitrogens with one attached hydrogen (secondary N) is 1. The van der Waals surface area contributed by atoms with Crippen LogP contribution in [-0.4, -0.2) is 63.6 Å². The van der Waals surface area contributed by atoms with Gasteiger partial charge in [0.2, 0.25) is 11.9 Å². The van der Waals surface area contributed by atoms with Gasteiger partial charge >= 0.3 is 5.91 Å². The number of piperazine rings is 1. The van der Waals surface area contributed by atoms with Crippen LogP contribution in [0.1, 0.15) is 15.9 Å². The number of nitrogens with zero attached hydrogens (tertiary/aromatic N) is 3. The van der Waals surface area contributed by atoms with E-state index in [0.29, 0.717) is 31.7 Å². The largest absolute Gasteiger partial charge is 0.434 e. The van der Waals surface area contributed by atoms with Gasteiger partial charge in [0.1, 0.15) is 5.70 Å². The molecule has 0 saturated carbocycles. The molecule has 1 N–H and O–H groups in total. The number of allylic oxidation sites excluding steroid dienone is 1. The van der Waals surface area contributed by atoms with E-state index in [2.05, 4.69) is 22.0 Å². The first kappa shape index (κ1) is 23.3. The van der Waals surface area contributed by atoms with Gasteiger partial charge < -0.3 is 14.8 Å². The Bertz CT molecular complexity index is 1520. The Kier molecular flexibility index (Phi) is 6.37. The summed E-state index contributed by atoms with van der Waals surface area (Å²) in [6.07, 6.45) is 3.77. The van der Waals surface area contributed by atoms with Crippen LogP contribution < -0.4 is 0 Å². The van der Waals surface area contributed by atoms with Crippen LogP contribution in [0.15, 0.2) is 102 Å². The van der Waals surface area contributed by atoms with E-state index in [1.54, 1.807) is 22.5 Å². The highest BCUT2D eigenvalue weighted by molar-refractivity contribution is 8.03. The van der Waals surface area contributed by atoms with E-state index in [-0.39, 0.29) is 11.8 Å². The summed E-state index contributed by atoms with van der Waals surface area (Å²) in [6, 6.07) is 27.8. The minimum absolute atomic E-state index is 0.000528. The molecule has 0 bridgehead atoms. The molecule has 2 amide bonds. The highest BCUT2D eigenvalue weighted by Crippen LogP contribution is 2.33. The Hall–Kier alpha value is -4.10. The average Bonchev–Trinajstić information content (AvgIpc) is 3.54. The number of thioether (sulfide) groups is 1. The van der Waals surface area contributed by atoms with Crippen molar-refractivity contribution in [3.05, 3.63) is 113 Å². The van der Waals surface area contributed by atoms with Crippen molar-refractivity contribution in [3.63, 3.8) is 0 Å². The van der Waals surface area contributed by atoms with Gasteiger partial charge in [-0.05, 0) is 11.6 Å². The summed E-state index contributed by atoms with van der Waals surface area (Å²) in [5, 5.41) is 0.950. The summed E-state index contributed by atoms with van der Waals surface area (Å²) in [5.74, 6) is 0.766. The molecule has 6 nitrogen and oxygen atoms in total. The Morgan fingerprint density at radius 1 is 0.865 bits per heavy atom. The fraction of sp³-hybridized carbons (Fsp3) is 0.167. The highest BCUT2D eigenvalue weighted by Gasteiger charge is 2.39. The number of H-pyrrole nitrogens is 1. The Morgan fingerprint density at radius 2 is 1.54 bits per heavy atom. The van der Waals surface area contributed by atoms with E-state index in [9.17, 15) is 9.59 Å². The van der Waals surface area contributed by atoms with Gasteiger partial charge in [0, 0.05) is 61.2 Å². The van der Waals surface area contributed by atoms with Crippen molar-refractivity contribution in [1.29, 1.82) is 0 Å². The van der Waals surface area contributed by atoms with Gasteiger partial charge in [-0.1, -0.05) is 66.7 Å². The van der Waals surface area contributed by atoms with E-state index >= 15 is 0 Å². The van der Waals surface area contributed by atoms with Gasteiger partial charge in [-0.15, -0.1) is 16.3 Å². The summed E-state index contributed by atoms with van der Waals surface area (Å²) in [4.78, 5) is 35.0. The minimum atomic E-state index is -0.000528. The number of rotatable bonds is 6. The first-order chi connectivity index (χ1) is 18.2. The lowest BCUT2D eigenvalue weighted by Gasteiger charge is -2.35. The van der Waals surface area contributed by atoms with Crippen LogP contribution in [0.2, 0.25) is 0 Å². The fourth-order valence-corrected chi connectivity index (χ4v) is 5.95. The Balaban J connectivity index is 1.22. The summed E-state index contributed by atoms with van der Waals surface area (Å²) >= 11 is 1.58. The summed E-state index contributed by atoms with van der Waals surface area (Å²) < 4.78 is 1.74. The number of aromatic nitrogens is 1. The van der Waals surface area contributed by atoms with E-state index in [4.69, 9.17) is 0 Å². The molecule has 4 aromatic rings. The van der Waals surface area contributed by atoms with Gasteiger partial charge in [-0.2, -0.15) is 0 Å². The SMILES string of the molecule is O=C(c1c[nH]c2ccccc12)N1CCN(C2=C(SCc3ccccc3)C(=O)[N+](c3ccccc3)=C2)CC1. The average molecular weight is 508 g/mol. The Morgan fingerprint density at radius 3 is 2.30 bits per heavy atom. The normalized spacial score (nSPS) is 16.0. The van der Waals surface area contributed by atoms with Crippen LogP contribution >= 0.6 is 11.8 Å². The molecule has 0 spiro atoms. The maximum absolute atomic E-state index is 13.6. The molecule has 184 valence electrons. The molecule has 7 heteroatoms. The lowest BCUT2D eigenvalue weighted by Crippen LogP contribution is -2.48. The summed E-state index contributed by atoms with van der Waals surface area (Å²) in [6.45, 7) is 2.55. The third kappa shape index (κ3) is 4.58. The number of fused-ring (bicyclic) bond motifs is 1. The monoisotopic (exact) mass is 507 g/mol. The topological polar surface area (TPSA) is 59.4 Å². The molecule has 1 saturated heterocycles. The molecular formula is C30H27N4O2S+. The molecule has 2 aliphatic rings. The molecule has 0 atom stereocenters. The molecule has 0 aliphatic carbocycles. The van der Waals surface area contributed by atoms with Crippen LogP contribution in [0.4, 0.5) is 5.69 Å². The molecule has 3 heterocycles. The molecule has 1 aromatic heterocycles. The number of hydrogen-bond donors (Lipinski definition) is 1. The van der Waals surface area contributed by atoms with Crippen molar-refractivity contribution in [3.8, 4) is 0 Å². The van der Waals surface area contributed by atoms with Crippen LogP contribution in [0.25, 0.3) is 10.9 Å². The predicted octanol–water partition coefficient (Wildman–Crippen LogP) is 5.03. The molecule has 2 aliphatic heterocycles. The first-order valence-electron chi connectivity index (χ1n) is 12.4. The smallest absolute Gasteiger partial charge is 0.362 e. The second-order valence-corrected chi connectivity index (χ2v) is 10.1. The number of hydrogen-bond acceptors (Lipinski definition) is 4. The van der Waals surface area contributed by atoms with Crippen molar-refractivity contribution in [2.24, 2.45) is 0 Å². The second kappa shape index (κ2) is 10.1. The maximum atomic E-state index is 13.6. The van der Waals surface area contributed by atoms with Crippen LogP contribution in [-0.2, 0) is 10.5 Å². The summed E-state index contributed by atoms with van der Waals surface area (Å²) in [5.41, 5.74) is 4.65. The number of benzene rings is 3. The van der Waals surface area contributed by atoms with Crippen molar-refractivity contribution in [2.45, 2.75) is 5.75 Å². The van der Waals surface area contributed by atoms with E-state index in [0.717, 1.165) is 32.9 Å². The molecule has 6 rings (SSSR count). The quantitative estimate of drug-likeness (QED) is 0.372. The van der Waals surface area contributed by atoms with E-state index in [1.165, 1.54) is 5.56 Å². The standard InChI is InChI=1S/C30H26N4O2S/c35-29(25-19-31-26-14-8-7-13-24(25)26)33-17-15-32(16-18-33)27-20-34(23-11-5-2-6-12-23)30(36)28(27)37-21-22-9-3-1-4-10-22/h1-14,19-20H,15-18,21H2/p+1. The molecule has 37 heavy (non-hydrogen) atoms. The number of amides is 2. The van der Waals surface area contributed by atoms with Crippen molar-refractivity contribution >= 4 is 46.4 Å². The van der Waals surface area contributed by atoms with Crippen LogP contribution in [0.3, 0.4) is 0 Å². The second-order valence-electron chi connectivity index (χ2n) is 9.16. The highest BCUT2D eigenvalue weighted by atomic mass is 32.2. The van der Waals surface area contributed by atoms with Crippen LogP contribution in [0.5, 0.6) is 0 Å². The zero-order valence-electron chi connectivity index (χ0n) is 20.3. The number of para-hydroxylation sites is 2. The Labute approximate surface area is 219 Å². The minimum Gasteiger partial charge on any atom is -0.362 e. The molecule has 3 aromatic carbocycles. The number of carbonyl (C=O) groups excluding carboxylic acids is 2. The van der Waals surface area contributed by atoms with Gasteiger partial charge in [-0.25, -0.2) is 4.79 Å². The van der Waals surface area contributed by atoms with E-state index < -0.39 is 0 Å². The zero-order chi connectivity index (χ0) is 25.2. The lowest BCUT2D eigenvalue weighted by atomic mass is 10.1. The van der Waals surface area contributed by atoms with Crippen molar-refractivity contribution in [2.75, 3.05) is 26.2 Å². The van der Waals surface area contributed by atoms with E-state index in [1.807, 2.05) is 83.9 Å². The van der Waals surface area contributed by atoms with Gasteiger partial charge in [0.05, 0.1) is 5.56 Å². The van der Waals surface area contributed by atoms with Gasteiger partial charge in [-0.3, -0.25) is 4.79 Å². The van der Waals surface area contributed by atoms with Crippen LogP contribution in [0, 0.1) is 0 Å². The summed E-state index contributed by atoms with van der Waals surface area (Å²) in [7, 11) is 0. The first-order valence-corrected chi connectivity index (χ1v) is 13.4. The number of carbonyl (C=O) groups is 2. The fourth-order valence-electron chi connectivity index (χ4n) is 4.90. The molecule has 0 radical (unpaired) electrons. The lowest BCUT2D eigenvalue weighted by molar-refractivity contribution is -0.353. The third-order valence-corrected chi connectivity index (χ3v) is 8.03. The maximum Gasteiger partial charge on any atom is 0.434 e. The zero-order valence-corrected chi connectivity index (χ0v) is 21.2. The van der Waals surface area contributed by atoms with Gasteiger partial charge in [0.15, 0.2) is 4.91 Å². The molecule has 0 unspecified atom stereocenters. The third-order valence-electron chi connectivity index (χ3n) is 6.88. The molecule has 1 fully saturated rings. The molecular weight excluding hydrogens is 480 g/mol. The van der Waals surface area contributed by atoms with Crippen molar-refractivity contribution in [1.82, 2.24) is 14.8 Å².